The molecule has 296 valence electrons. The lowest BCUT2D eigenvalue weighted by molar-refractivity contribution is -0.154. The smallest absolute Gasteiger partial charge is 0.306 e. The maximum absolute atomic E-state index is 12.2. The van der Waals surface area contributed by atoms with Gasteiger partial charge in [0.1, 0.15) is 6.10 Å². The fourth-order valence-corrected chi connectivity index (χ4v) is 6.01. The number of hydrogen-bond donors (Lipinski definition) is 1. The van der Waals surface area contributed by atoms with Crippen molar-refractivity contribution in [2.75, 3.05) is 19.8 Å². The molecule has 0 aromatic rings. The van der Waals surface area contributed by atoms with E-state index in [1.807, 2.05) is 0 Å². The molecular formula is C47H84O4. The van der Waals surface area contributed by atoms with E-state index in [0.717, 1.165) is 51.4 Å². The van der Waals surface area contributed by atoms with Crippen LogP contribution in [0, 0.1) is 0 Å². The molecule has 0 amide bonds. The Bertz CT molecular complexity index is 839. The number of ether oxygens (including phenoxy) is 2. The van der Waals surface area contributed by atoms with Crippen LogP contribution in [-0.2, 0) is 14.3 Å². The Morgan fingerprint density at radius 1 is 0.471 bits per heavy atom. The first-order chi connectivity index (χ1) is 25.2. The van der Waals surface area contributed by atoms with Crippen LogP contribution in [0.4, 0.5) is 0 Å². The molecule has 4 heteroatoms. The summed E-state index contributed by atoms with van der Waals surface area (Å²) in [6.07, 6.45) is 58.5. The van der Waals surface area contributed by atoms with Crippen molar-refractivity contribution in [1.82, 2.24) is 0 Å². The van der Waals surface area contributed by atoms with E-state index in [0.29, 0.717) is 13.0 Å². The lowest BCUT2D eigenvalue weighted by Gasteiger charge is -2.15. The minimum atomic E-state index is -0.547. The minimum Gasteiger partial charge on any atom is -0.457 e. The molecule has 0 bridgehead atoms. The van der Waals surface area contributed by atoms with Crippen LogP contribution in [0.3, 0.4) is 0 Å². The SMILES string of the molecule is CCCCC/C=C\C/C=C\CCCCCCCCCCOCC(CO)OC(=O)CCCCCCCC/C=C\C/C=C\C/C=C\CCCCCCC. The monoisotopic (exact) mass is 713 g/mol. The second kappa shape index (κ2) is 44.3. The van der Waals surface area contributed by atoms with Gasteiger partial charge in [0.05, 0.1) is 13.2 Å². The zero-order chi connectivity index (χ0) is 37.0. The van der Waals surface area contributed by atoms with Gasteiger partial charge < -0.3 is 14.6 Å². The molecule has 51 heavy (non-hydrogen) atoms. The highest BCUT2D eigenvalue weighted by Crippen LogP contribution is 2.12. The van der Waals surface area contributed by atoms with Crippen molar-refractivity contribution < 1.29 is 19.4 Å². The summed E-state index contributed by atoms with van der Waals surface area (Å²) < 4.78 is 11.2. The second-order valence-electron chi connectivity index (χ2n) is 14.4. The van der Waals surface area contributed by atoms with Gasteiger partial charge in [-0.15, -0.1) is 0 Å². The van der Waals surface area contributed by atoms with Crippen molar-refractivity contribution in [1.29, 1.82) is 0 Å². The van der Waals surface area contributed by atoms with Crippen LogP contribution < -0.4 is 0 Å². The molecule has 0 aromatic heterocycles. The Morgan fingerprint density at radius 3 is 1.27 bits per heavy atom. The van der Waals surface area contributed by atoms with Crippen molar-refractivity contribution in [3.8, 4) is 0 Å². The van der Waals surface area contributed by atoms with Crippen molar-refractivity contribution in [2.24, 2.45) is 0 Å². The molecule has 0 aliphatic rings. The van der Waals surface area contributed by atoms with E-state index in [9.17, 15) is 9.90 Å². The number of carbonyl (C=O) groups excluding carboxylic acids is 1. The molecule has 0 spiro atoms. The largest absolute Gasteiger partial charge is 0.457 e. The first kappa shape index (κ1) is 49.1. The summed E-state index contributed by atoms with van der Waals surface area (Å²) >= 11 is 0. The van der Waals surface area contributed by atoms with Gasteiger partial charge in [0.25, 0.3) is 0 Å². The summed E-state index contributed by atoms with van der Waals surface area (Å²) in [6.45, 7) is 5.29. The molecule has 1 atom stereocenters. The predicted octanol–water partition coefficient (Wildman–Crippen LogP) is 14.4. The summed E-state index contributed by atoms with van der Waals surface area (Å²) in [5.74, 6) is -0.216. The lowest BCUT2D eigenvalue weighted by Crippen LogP contribution is -2.27. The van der Waals surface area contributed by atoms with Crippen molar-refractivity contribution in [3.63, 3.8) is 0 Å². The number of hydrogen-bond acceptors (Lipinski definition) is 4. The molecule has 0 radical (unpaired) electrons. The van der Waals surface area contributed by atoms with E-state index in [-0.39, 0.29) is 19.2 Å². The quantitative estimate of drug-likeness (QED) is 0.0390. The Balaban J connectivity index is 3.49. The molecule has 0 fully saturated rings. The van der Waals surface area contributed by atoms with Gasteiger partial charge in [0.15, 0.2) is 0 Å². The Kier molecular flexibility index (Phi) is 42.6. The van der Waals surface area contributed by atoms with Crippen LogP contribution in [0.15, 0.2) is 60.8 Å². The highest BCUT2D eigenvalue weighted by atomic mass is 16.6. The molecule has 0 saturated heterocycles. The Morgan fingerprint density at radius 2 is 0.824 bits per heavy atom. The van der Waals surface area contributed by atoms with E-state index in [1.54, 1.807) is 0 Å². The van der Waals surface area contributed by atoms with Gasteiger partial charge in [-0.3, -0.25) is 4.79 Å². The van der Waals surface area contributed by atoms with Crippen LogP contribution in [0.5, 0.6) is 0 Å². The predicted molar refractivity (Wildman–Crippen MR) is 223 cm³/mol. The first-order valence-corrected chi connectivity index (χ1v) is 21.9. The van der Waals surface area contributed by atoms with Crippen LogP contribution in [-0.4, -0.2) is 37.0 Å². The molecule has 0 rings (SSSR count). The summed E-state index contributed by atoms with van der Waals surface area (Å²) in [6, 6.07) is 0. The van der Waals surface area contributed by atoms with E-state index in [2.05, 4.69) is 74.6 Å². The average Bonchev–Trinajstić information content (AvgIpc) is 3.14. The number of allylic oxidation sites excluding steroid dienone is 10. The van der Waals surface area contributed by atoms with Crippen LogP contribution >= 0.6 is 0 Å². The molecule has 1 N–H and O–H groups in total. The standard InChI is InChI=1S/C47H84O4/c1-3-5-7-9-11-13-15-17-19-21-23-24-25-26-28-30-32-34-36-38-40-42-47(49)51-46(44-48)45-50-43-41-39-37-35-33-31-29-27-22-20-18-16-14-12-10-8-6-4-2/h12,14-15,17-18,20-21,23,25-26,46,48H,3-11,13,16,19,22,24,27-45H2,1-2H3/b14-12-,17-15-,20-18-,23-21-,26-25-. The zero-order valence-corrected chi connectivity index (χ0v) is 33.9. The molecular weight excluding hydrogens is 629 g/mol. The third-order valence-electron chi connectivity index (χ3n) is 9.32. The summed E-state index contributed by atoms with van der Waals surface area (Å²) in [4.78, 5) is 12.2. The van der Waals surface area contributed by atoms with Crippen molar-refractivity contribution in [2.45, 2.75) is 213 Å². The Hall–Kier alpha value is -1.91. The van der Waals surface area contributed by atoms with E-state index in [1.165, 1.54) is 135 Å². The highest BCUT2D eigenvalue weighted by Gasteiger charge is 2.13. The van der Waals surface area contributed by atoms with Gasteiger partial charge in [-0.25, -0.2) is 0 Å². The van der Waals surface area contributed by atoms with Gasteiger partial charge in [-0.05, 0) is 83.5 Å². The summed E-state index contributed by atoms with van der Waals surface area (Å²) in [5.41, 5.74) is 0. The van der Waals surface area contributed by atoms with Crippen molar-refractivity contribution in [3.05, 3.63) is 60.8 Å². The molecule has 0 aliphatic carbocycles. The number of esters is 1. The van der Waals surface area contributed by atoms with Gasteiger partial charge in [-0.2, -0.15) is 0 Å². The Labute approximate surface area is 317 Å². The normalized spacial score (nSPS) is 12.9. The van der Waals surface area contributed by atoms with Gasteiger partial charge in [0.2, 0.25) is 0 Å². The highest BCUT2D eigenvalue weighted by molar-refractivity contribution is 5.69. The summed E-state index contributed by atoms with van der Waals surface area (Å²) in [5, 5.41) is 9.61. The number of aliphatic hydroxyl groups is 1. The maximum atomic E-state index is 12.2. The fourth-order valence-electron chi connectivity index (χ4n) is 6.01. The van der Waals surface area contributed by atoms with Crippen molar-refractivity contribution >= 4 is 5.97 Å². The van der Waals surface area contributed by atoms with Crippen LogP contribution in [0.2, 0.25) is 0 Å². The van der Waals surface area contributed by atoms with Crippen LogP contribution in [0.25, 0.3) is 0 Å². The minimum absolute atomic E-state index is 0.181. The molecule has 4 nitrogen and oxygen atoms in total. The van der Waals surface area contributed by atoms with Gasteiger partial charge in [-0.1, -0.05) is 177 Å². The van der Waals surface area contributed by atoms with E-state index >= 15 is 0 Å². The van der Waals surface area contributed by atoms with Gasteiger partial charge >= 0.3 is 5.97 Å². The average molecular weight is 713 g/mol. The summed E-state index contributed by atoms with van der Waals surface area (Å²) in [7, 11) is 0. The van der Waals surface area contributed by atoms with E-state index < -0.39 is 6.10 Å². The molecule has 1 unspecified atom stereocenters. The number of aliphatic hydroxyl groups excluding tert-OH is 1. The first-order valence-electron chi connectivity index (χ1n) is 21.9. The number of carbonyl (C=O) groups is 1. The topological polar surface area (TPSA) is 55.8 Å². The molecule has 0 aliphatic heterocycles. The van der Waals surface area contributed by atoms with E-state index in [4.69, 9.17) is 9.47 Å². The molecule has 0 heterocycles. The van der Waals surface area contributed by atoms with Gasteiger partial charge in [0, 0.05) is 13.0 Å². The molecule has 0 aromatic carbocycles. The third kappa shape index (κ3) is 42.4. The second-order valence-corrected chi connectivity index (χ2v) is 14.4. The number of rotatable bonds is 40. The number of unbranched alkanes of at least 4 members (excludes halogenated alkanes) is 22. The fraction of sp³-hybridized carbons (Fsp3) is 0.766. The zero-order valence-electron chi connectivity index (χ0n) is 33.9. The maximum Gasteiger partial charge on any atom is 0.306 e. The lowest BCUT2D eigenvalue weighted by atomic mass is 10.1. The third-order valence-corrected chi connectivity index (χ3v) is 9.32. The van der Waals surface area contributed by atoms with Crippen LogP contribution in [0.1, 0.15) is 206 Å². The molecule has 0 saturated carbocycles.